The summed E-state index contributed by atoms with van der Waals surface area (Å²) < 4.78 is 5.91. The van der Waals surface area contributed by atoms with E-state index in [2.05, 4.69) is 47.5 Å². The molecule has 3 aromatic rings. The highest BCUT2D eigenvalue weighted by atomic mass is 16.5. The molecule has 0 saturated carbocycles. The van der Waals surface area contributed by atoms with Gasteiger partial charge < -0.3 is 15.0 Å². The van der Waals surface area contributed by atoms with Gasteiger partial charge in [0.1, 0.15) is 5.75 Å². The molecule has 4 heteroatoms. The van der Waals surface area contributed by atoms with Crippen LogP contribution >= 0.6 is 0 Å². The molecule has 1 aliphatic heterocycles. The lowest BCUT2D eigenvalue weighted by Crippen LogP contribution is -2.37. The molecule has 3 atom stereocenters. The van der Waals surface area contributed by atoms with E-state index in [1.54, 1.807) is 6.92 Å². The molecule has 0 unspecified atom stereocenters. The van der Waals surface area contributed by atoms with Gasteiger partial charge in [0, 0.05) is 18.8 Å². The fraction of sp³-hybridized carbons (Fsp3) is 0.370. The van der Waals surface area contributed by atoms with Gasteiger partial charge in [0.15, 0.2) is 6.10 Å². The van der Waals surface area contributed by atoms with Crippen molar-refractivity contribution in [3.05, 3.63) is 72.3 Å². The van der Waals surface area contributed by atoms with Gasteiger partial charge in [0.05, 0.1) is 6.04 Å². The Hall–Kier alpha value is -3.01. The number of anilines is 1. The van der Waals surface area contributed by atoms with Gasteiger partial charge >= 0.3 is 0 Å². The SMILES string of the molecule is C[C@@H]1CCCN(c2ccc([C@@H](C)NC(=O)[C@H](C)Oc3ccc4ccccc4c3)cc2)C1. The molecule has 0 spiro atoms. The first kappa shape index (κ1) is 21.2. The molecule has 3 aromatic carbocycles. The molecule has 1 heterocycles. The third kappa shape index (κ3) is 5.19. The van der Waals surface area contributed by atoms with E-state index in [9.17, 15) is 4.79 Å². The quantitative estimate of drug-likeness (QED) is 0.559. The minimum absolute atomic E-state index is 0.0792. The molecule has 0 radical (unpaired) electrons. The minimum Gasteiger partial charge on any atom is -0.481 e. The molecular formula is C27H32N2O2. The zero-order valence-corrected chi connectivity index (χ0v) is 18.7. The first-order valence-corrected chi connectivity index (χ1v) is 11.3. The minimum atomic E-state index is -0.572. The van der Waals surface area contributed by atoms with Crippen molar-refractivity contribution in [1.82, 2.24) is 5.32 Å². The molecule has 0 bridgehead atoms. The van der Waals surface area contributed by atoms with Crippen LogP contribution in [0.2, 0.25) is 0 Å². The maximum absolute atomic E-state index is 12.7. The molecule has 31 heavy (non-hydrogen) atoms. The maximum Gasteiger partial charge on any atom is 0.261 e. The van der Waals surface area contributed by atoms with Crippen molar-refractivity contribution in [3.8, 4) is 5.75 Å². The summed E-state index contributed by atoms with van der Waals surface area (Å²) in [5, 5.41) is 5.34. The molecule has 1 amide bonds. The van der Waals surface area contributed by atoms with E-state index in [1.807, 2.05) is 43.3 Å². The summed E-state index contributed by atoms with van der Waals surface area (Å²) in [6, 6.07) is 22.5. The maximum atomic E-state index is 12.7. The normalized spacial score (nSPS) is 18.4. The van der Waals surface area contributed by atoms with Crippen molar-refractivity contribution in [2.45, 2.75) is 45.8 Å². The van der Waals surface area contributed by atoms with E-state index >= 15 is 0 Å². The molecule has 4 nitrogen and oxygen atoms in total. The topological polar surface area (TPSA) is 41.6 Å². The average Bonchev–Trinajstić information content (AvgIpc) is 2.79. The van der Waals surface area contributed by atoms with E-state index in [0.29, 0.717) is 5.75 Å². The highest BCUT2D eigenvalue weighted by molar-refractivity contribution is 5.84. The Morgan fingerprint density at radius 2 is 1.77 bits per heavy atom. The first-order valence-electron chi connectivity index (χ1n) is 11.3. The van der Waals surface area contributed by atoms with Crippen LogP contribution in [0.25, 0.3) is 10.8 Å². The van der Waals surface area contributed by atoms with Crippen LogP contribution < -0.4 is 15.0 Å². The molecule has 162 valence electrons. The van der Waals surface area contributed by atoms with Crippen LogP contribution in [0.15, 0.2) is 66.7 Å². The number of nitrogens with zero attached hydrogens (tertiary/aromatic N) is 1. The number of hydrogen-bond acceptors (Lipinski definition) is 3. The zero-order chi connectivity index (χ0) is 21.8. The molecule has 1 aliphatic rings. The van der Waals surface area contributed by atoms with Crippen molar-refractivity contribution in [2.24, 2.45) is 5.92 Å². The van der Waals surface area contributed by atoms with Crippen LogP contribution in [0, 0.1) is 5.92 Å². The average molecular weight is 417 g/mol. The van der Waals surface area contributed by atoms with Crippen LogP contribution in [0.5, 0.6) is 5.75 Å². The Morgan fingerprint density at radius 1 is 1.03 bits per heavy atom. The van der Waals surface area contributed by atoms with E-state index < -0.39 is 6.10 Å². The van der Waals surface area contributed by atoms with E-state index in [4.69, 9.17) is 4.74 Å². The summed E-state index contributed by atoms with van der Waals surface area (Å²) in [7, 11) is 0. The molecular weight excluding hydrogens is 384 g/mol. The van der Waals surface area contributed by atoms with Crippen molar-refractivity contribution in [3.63, 3.8) is 0 Å². The Kier molecular flexibility index (Phi) is 6.45. The number of amides is 1. The van der Waals surface area contributed by atoms with Crippen LogP contribution in [-0.4, -0.2) is 25.1 Å². The number of benzene rings is 3. The molecule has 0 aromatic heterocycles. The number of carbonyl (C=O) groups is 1. The number of piperidine rings is 1. The fourth-order valence-corrected chi connectivity index (χ4v) is 4.31. The fourth-order valence-electron chi connectivity index (χ4n) is 4.31. The smallest absolute Gasteiger partial charge is 0.261 e. The van der Waals surface area contributed by atoms with Crippen LogP contribution in [0.1, 0.15) is 45.2 Å². The third-order valence-electron chi connectivity index (χ3n) is 6.18. The largest absolute Gasteiger partial charge is 0.481 e. The predicted octanol–water partition coefficient (Wildman–Crippen LogP) is 5.72. The van der Waals surface area contributed by atoms with Gasteiger partial charge in [-0.05, 0) is 73.2 Å². The van der Waals surface area contributed by atoms with Crippen molar-refractivity contribution in [1.29, 1.82) is 0 Å². The Balaban J connectivity index is 1.34. The van der Waals surface area contributed by atoms with Crippen molar-refractivity contribution < 1.29 is 9.53 Å². The molecule has 1 fully saturated rings. The van der Waals surface area contributed by atoms with Crippen molar-refractivity contribution in [2.75, 3.05) is 18.0 Å². The summed E-state index contributed by atoms with van der Waals surface area (Å²) in [6.07, 6.45) is 2.00. The van der Waals surface area contributed by atoms with Gasteiger partial charge in [-0.3, -0.25) is 4.79 Å². The number of carbonyl (C=O) groups excluding carboxylic acids is 1. The van der Waals surface area contributed by atoms with Gasteiger partial charge in [-0.15, -0.1) is 0 Å². The van der Waals surface area contributed by atoms with Crippen LogP contribution in [0.3, 0.4) is 0 Å². The Bertz CT molecular complexity index is 1030. The summed E-state index contributed by atoms with van der Waals surface area (Å²) in [5.41, 5.74) is 2.36. The monoisotopic (exact) mass is 416 g/mol. The van der Waals surface area contributed by atoms with E-state index in [0.717, 1.165) is 35.3 Å². The second-order valence-corrected chi connectivity index (χ2v) is 8.78. The van der Waals surface area contributed by atoms with Gasteiger partial charge in [0.25, 0.3) is 5.91 Å². The zero-order valence-electron chi connectivity index (χ0n) is 18.7. The molecule has 1 N–H and O–H groups in total. The third-order valence-corrected chi connectivity index (χ3v) is 6.18. The van der Waals surface area contributed by atoms with Gasteiger partial charge in [0.2, 0.25) is 0 Å². The van der Waals surface area contributed by atoms with Crippen LogP contribution in [0.4, 0.5) is 5.69 Å². The number of hydrogen-bond donors (Lipinski definition) is 1. The predicted molar refractivity (Wildman–Crippen MR) is 128 cm³/mol. The molecule has 1 saturated heterocycles. The summed E-state index contributed by atoms with van der Waals surface area (Å²) in [6.45, 7) is 8.37. The summed E-state index contributed by atoms with van der Waals surface area (Å²) in [4.78, 5) is 15.2. The lowest BCUT2D eigenvalue weighted by atomic mass is 9.99. The lowest BCUT2D eigenvalue weighted by Gasteiger charge is -2.33. The van der Waals surface area contributed by atoms with Crippen molar-refractivity contribution >= 4 is 22.4 Å². The lowest BCUT2D eigenvalue weighted by molar-refractivity contribution is -0.127. The van der Waals surface area contributed by atoms with E-state index in [-0.39, 0.29) is 11.9 Å². The first-order chi connectivity index (χ1) is 15.0. The summed E-state index contributed by atoms with van der Waals surface area (Å²) >= 11 is 0. The van der Waals surface area contributed by atoms with E-state index in [1.165, 1.54) is 18.5 Å². The van der Waals surface area contributed by atoms with Gasteiger partial charge in [-0.2, -0.15) is 0 Å². The van der Waals surface area contributed by atoms with Gasteiger partial charge in [-0.25, -0.2) is 0 Å². The highest BCUT2D eigenvalue weighted by Gasteiger charge is 2.19. The standard InChI is InChI=1S/C27H32N2O2/c1-19-7-6-16-29(18-19)25-13-10-22(11-14-25)20(2)28-27(30)21(3)31-26-15-12-23-8-4-5-9-24(23)17-26/h4-5,8-15,17,19-21H,6-7,16,18H2,1-3H3,(H,28,30)/t19-,20-,21+/m1/s1. The van der Waals surface area contributed by atoms with Crippen LogP contribution in [-0.2, 0) is 4.79 Å². The Morgan fingerprint density at radius 3 is 2.52 bits per heavy atom. The number of ether oxygens (including phenoxy) is 1. The second-order valence-electron chi connectivity index (χ2n) is 8.78. The number of nitrogens with one attached hydrogen (secondary N) is 1. The number of rotatable bonds is 6. The number of fused-ring (bicyclic) bond motifs is 1. The highest BCUT2D eigenvalue weighted by Crippen LogP contribution is 2.25. The second kappa shape index (κ2) is 9.42. The molecule has 4 rings (SSSR count). The van der Waals surface area contributed by atoms with Gasteiger partial charge in [-0.1, -0.05) is 49.4 Å². The Labute approximate surface area is 185 Å². The summed E-state index contributed by atoms with van der Waals surface area (Å²) in [5.74, 6) is 1.33. The molecule has 0 aliphatic carbocycles.